The largest absolute Gasteiger partial charge is 0.0987 e. The van der Waals surface area contributed by atoms with Crippen LogP contribution in [0.25, 0.3) is 0 Å². The molecule has 1 unspecified atom stereocenters. The van der Waals surface area contributed by atoms with Crippen LogP contribution in [0, 0.1) is 17.8 Å². The minimum Gasteiger partial charge on any atom is -0.0987 e. The van der Waals surface area contributed by atoms with Gasteiger partial charge in [-0.3, -0.25) is 0 Å². The Morgan fingerprint density at radius 3 is 2.33 bits per heavy atom. The molecule has 0 saturated carbocycles. The smallest absolute Gasteiger partial charge is 0.0284 e. The highest BCUT2D eigenvalue weighted by Gasteiger charge is 2.21. The van der Waals surface area contributed by atoms with Gasteiger partial charge in [0.2, 0.25) is 0 Å². The van der Waals surface area contributed by atoms with Gasteiger partial charge in [-0.25, -0.2) is 0 Å². The maximum atomic E-state index is 3.93. The van der Waals surface area contributed by atoms with E-state index in [4.69, 9.17) is 0 Å². The van der Waals surface area contributed by atoms with E-state index in [0.29, 0.717) is 11.8 Å². The summed E-state index contributed by atoms with van der Waals surface area (Å²) >= 11 is 0. The molecule has 1 aliphatic rings. The summed E-state index contributed by atoms with van der Waals surface area (Å²) in [6, 6.07) is 8.47. The molecule has 110 valence electrons. The van der Waals surface area contributed by atoms with E-state index < -0.39 is 0 Å². The summed E-state index contributed by atoms with van der Waals surface area (Å²) < 4.78 is 0. The molecule has 0 aliphatic heterocycles. The van der Waals surface area contributed by atoms with Gasteiger partial charge in [-0.1, -0.05) is 83.0 Å². The second-order valence-electron chi connectivity index (χ2n) is 5.24. The van der Waals surface area contributed by atoms with Crippen molar-refractivity contribution in [1.82, 2.24) is 0 Å². The zero-order chi connectivity index (χ0) is 15.8. The molecule has 0 amide bonds. The number of hydrogen-bond acceptors (Lipinski definition) is 0. The average molecular weight is 278 g/mol. The average Bonchev–Trinajstić information content (AvgIpc) is 2.50. The lowest BCUT2D eigenvalue weighted by Gasteiger charge is -2.24. The Bertz CT molecular complexity index is 588. The molecule has 1 aromatic rings. The zero-order valence-electron chi connectivity index (χ0n) is 13.7. The van der Waals surface area contributed by atoms with Crippen LogP contribution in [0.15, 0.2) is 60.7 Å². The van der Waals surface area contributed by atoms with Crippen molar-refractivity contribution in [3.63, 3.8) is 0 Å². The van der Waals surface area contributed by atoms with Gasteiger partial charge in [-0.15, -0.1) is 0 Å². The Kier molecular flexibility index (Phi) is 6.76. The van der Waals surface area contributed by atoms with Crippen LogP contribution in [0.5, 0.6) is 0 Å². The molecule has 0 N–H and O–H groups in total. The lowest BCUT2D eigenvalue weighted by Crippen LogP contribution is -2.11. The minimum atomic E-state index is 0.480. The molecule has 0 radical (unpaired) electrons. The van der Waals surface area contributed by atoms with Crippen LogP contribution >= 0.6 is 0 Å². The van der Waals surface area contributed by atoms with E-state index in [-0.39, 0.29) is 0 Å². The predicted octanol–water partition coefficient (Wildman–Crippen LogP) is 5.88. The van der Waals surface area contributed by atoms with Crippen LogP contribution in [-0.2, 0) is 0 Å². The van der Waals surface area contributed by atoms with Crippen molar-refractivity contribution >= 4 is 0 Å². The van der Waals surface area contributed by atoms with Gasteiger partial charge in [0.1, 0.15) is 0 Å². The molecule has 0 fully saturated rings. The lowest BCUT2D eigenvalue weighted by molar-refractivity contribution is 0.495. The summed E-state index contributed by atoms with van der Waals surface area (Å²) in [5.74, 6) is 7.57. The van der Waals surface area contributed by atoms with Crippen molar-refractivity contribution < 1.29 is 0 Å². The van der Waals surface area contributed by atoms with Crippen LogP contribution in [0.3, 0.4) is 0 Å². The van der Waals surface area contributed by atoms with E-state index in [2.05, 4.69) is 63.1 Å². The minimum absolute atomic E-state index is 0.480. The molecule has 2 rings (SSSR count). The fourth-order valence-corrected chi connectivity index (χ4v) is 2.58. The molecule has 0 spiro atoms. The first kappa shape index (κ1) is 17.1. The molecule has 0 saturated heterocycles. The Hall–Kier alpha value is -2.00. The number of fused-ring (bicyclic) bond motifs is 1. The first-order valence-electron chi connectivity index (χ1n) is 7.76. The topological polar surface area (TPSA) is 0 Å². The van der Waals surface area contributed by atoms with Crippen molar-refractivity contribution in [3.8, 4) is 11.8 Å². The van der Waals surface area contributed by atoms with E-state index in [9.17, 15) is 0 Å². The third-order valence-corrected chi connectivity index (χ3v) is 3.73. The second kappa shape index (κ2) is 8.32. The van der Waals surface area contributed by atoms with Crippen molar-refractivity contribution in [1.29, 1.82) is 0 Å². The normalized spacial score (nSPS) is 20.0. The first-order chi connectivity index (χ1) is 10.2. The molecule has 21 heavy (non-hydrogen) atoms. The molecule has 1 aromatic carbocycles. The Balaban J connectivity index is 0.00000106. The van der Waals surface area contributed by atoms with Crippen molar-refractivity contribution in [2.24, 2.45) is 5.92 Å². The summed E-state index contributed by atoms with van der Waals surface area (Å²) in [7, 11) is 0. The van der Waals surface area contributed by atoms with E-state index in [1.807, 2.05) is 26.0 Å². The summed E-state index contributed by atoms with van der Waals surface area (Å²) in [5.41, 5.74) is 4.71. The molecule has 0 heterocycles. The highest BCUT2D eigenvalue weighted by Crippen LogP contribution is 2.35. The number of allylic oxidation sites excluding steroid dienone is 4. The first-order valence-corrected chi connectivity index (χ1v) is 7.76. The molecular formula is C21H26. The van der Waals surface area contributed by atoms with Crippen molar-refractivity contribution in [2.75, 3.05) is 0 Å². The Morgan fingerprint density at radius 1 is 1.10 bits per heavy atom. The molecule has 0 heteroatoms. The van der Waals surface area contributed by atoms with Gasteiger partial charge >= 0.3 is 0 Å². The van der Waals surface area contributed by atoms with E-state index in [1.54, 1.807) is 0 Å². The van der Waals surface area contributed by atoms with Gasteiger partial charge in [0, 0.05) is 11.1 Å². The van der Waals surface area contributed by atoms with Crippen LogP contribution in [-0.4, -0.2) is 0 Å². The third kappa shape index (κ3) is 3.99. The van der Waals surface area contributed by atoms with Gasteiger partial charge in [-0.2, -0.15) is 0 Å². The van der Waals surface area contributed by atoms with Crippen molar-refractivity contribution in [2.45, 2.75) is 40.0 Å². The molecule has 1 aliphatic carbocycles. The Morgan fingerprint density at radius 2 is 1.76 bits per heavy atom. The van der Waals surface area contributed by atoms with Crippen LogP contribution < -0.4 is 0 Å². The van der Waals surface area contributed by atoms with Gasteiger partial charge in [0.25, 0.3) is 0 Å². The van der Waals surface area contributed by atoms with Gasteiger partial charge < -0.3 is 0 Å². The fourth-order valence-electron chi connectivity index (χ4n) is 2.58. The van der Waals surface area contributed by atoms with Crippen LogP contribution in [0.1, 0.15) is 51.2 Å². The summed E-state index contributed by atoms with van der Waals surface area (Å²) in [6.07, 6.45) is 4.75. The molecule has 0 bridgehead atoms. The summed E-state index contributed by atoms with van der Waals surface area (Å²) in [5, 5.41) is 0. The standard InChI is InChI=1S/C19H20.C2H6/c1-5-15-11-12-17-9-7-8-10-18(17)19(14(3)4)13-16(15)6-2;1-2/h5-10,14,19H,1-2,13H2,3-4H3;1-2H3/b16-15-;. The van der Waals surface area contributed by atoms with Gasteiger partial charge in [-0.05, 0) is 35.5 Å². The monoisotopic (exact) mass is 278 g/mol. The van der Waals surface area contributed by atoms with E-state index in [1.165, 1.54) is 11.1 Å². The molecule has 0 nitrogen and oxygen atoms in total. The maximum absolute atomic E-state index is 3.93. The van der Waals surface area contributed by atoms with Gasteiger partial charge in [0.15, 0.2) is 0 Å². The van der Waals surface area contributed by atoms with E-state index >= 15 is 0 Å². The van der Waals surface area contributed by atoms with Crippen molar-refractivity contribution in [3.05, 3.63) is 71.8 Å². The summed E-state index contributed by atoms with van der Waals surface area (Å²) in [4.78, 5) is 0. The number of hydrogen-bond donors (Lipinski definition) is 0. The van der Waals surface area contributed by atoms with E-state index in [0.717, 1.165) is 17.6 Å². The lowest BCUT2D eigenvalue weighted by atomic mass is 9.79. The second-order valence-corrected chi connectivity index (χ2v) is 5.24. The van der Waals surface area contributed by atoms with Gasteiger partial charge in [0.05, 0.1) is 0 Å². The third-order valence-electron chi connectivity index (χ3n) is 3.73. The molecule has 0 aromatic heterocycles. The predicted molar refractivity (Wildman–Crippen MR) is 94.3 cm³/mol. The van der Waals surface area contributed by atoms with Crippen LogP contribution in [0.2, 0.25) is 0 Å². The highest BCUT2D eigenvalue weighted by molar-refractivity contribution is 5.54. The number of rotatable bonds is 3. The fraction of sp³-hybridized carbons (Fsp3) is 0.333. The zero-order valence-corrected chi connectivity index (χ0v) is 13.7. The quantitative estimate of drug-likeness (QED) is 0.606. The highest BCUT2D eigenvalue weighted by atomic mass is 14.2. The molecule has 1 atom stereocenters. The summed E-state index contributed by atoms with van der Waals surface area (Å²) in [6.45, 7) is 16.3. The Labute approximate surface area is 130 Å². The number of benzene rings is 1. The maximum Gasteiger partial charge on any atom is 0.0284 e. The SMILES string of the molecule is C=C/C1=C(\C=C)CC(C(C)C)c2ccccc2C#C1.CC. The molecular weight excluding hydrogens is 252 g/mol. The van der Waals surface area contributed by atoms with Crippen LogP contribution in [0.4, 0.5) is 0 Å².